The number of rotatable bonds is 9. The first-order valence-corrected chi connectivity index (χ1v) is 13.1. The van der Waals surface area contributed by atoms with Gasteiger partial charge in [0.25, 0.3) is 5.91 Å². The van der Waals surface area contributed by atoms with Crippen molar-refractivity contribution in [2.24, 2.45) is 4.99 Å². The molecule has 3 heterocycles. The number of nitrogens with zero attached hydrogens (tertiary/aromatic N) is 6. The van der Waals surface area contributed by atoms with Crippen LogP contribution in [0.1, 0.15) is 55.5 Å². The number of halogens is 3. The van der Waals surface area contributed by atoms with E-state index in [-0.39, 0.29) is 35.4 Å². The molecular formula is C27H34F3N7O2. The topological polar surface area (TPSA) is 109 Å². The molecule has 2 N–H and O–H groups in total. The number of hydrogen-bond acceptors (Lipinski definition) is 7. The lowest BCUT2D eigenvalue weighted by Gasteiger charge is -2.31. The molecule has 0 radical (unpaired) electrons. The van der Waals surface area contributed by atoms with Gasteiger partial charge in [-0.3, -0.25) is 9.79 Å². The van der Waals surface area contributed by atoms with Gasteiger partial charge in [0, 0.05) is 38.1 Å². The number of aromatic nitrogens is 4. The Morgan fingerprint density at radius 1 is 1.21 bits per heavy atom. The van der Waals surface area contributed by atoms with Crippen molar-refractivity contribution in [1.82, 2.24) is 30.4 Å². The molecule has 0 saturated carbocycles. The Balaban J connectivity index is 1.25. The average Bonchev–Trinajstić information content (AvgIpc) is 3.57. The zero-order valence-electron chi connectivity index (χ0n) is 21.9. The summed E-state index contributed by atoms with van der Waals surface area (Å²) in [5, 5.41) is 24.9. The molecule has 3 atom stereocenters. The van der Waals surface area contributed by atoms with Crippen molar-refractivity contribution in [2.45, 2.75) is 68.9 Å². The molecule has 0 unspecified atom stereocenters. The number of aliphatic imine (C=N–C) groups is 1. The summed E-state index contributed by atoms with van der Waals surface area (Å²) >= 11 is 0. The number of carbonyl (C=O) groups is 1. The van der Waals surface area contributed by atoms with E-state index in [1.54, 1.807) is 24.1 Å². The number of aliphatic hydroxyl groups excluding tert-OH is 1. The van der Waals surface area contributed by atoms with Crippen molar-refractivity contribution in [3.63, 3.8) is 0 Å². The van der Waals surface area contributed by atoms with Gasteiger partial charge < -0.3 is 15.3 Å². The molecule has 1 aromatic heterocycles. The molecule has 2 aromatic rings. The van der Waals surface area contributed by atoms with Gasteiger partial charge in [-0.2, -0.15) is 13.2 Å². The van der Waals surface area contributed by atoms with Gasteiger partial charge in [-0.25, -0.2) is 4.68 Å². The first kappa shape index (κ1) is 28.6. The molecule has 2 fully saturated rings. The van der Waals surface area contributed by atoms with Crippen molar-refractivity contribution in [2.75, 3.05) is 20.1 Å². The number of tetrazole rings is 1. The van der Waals surface area contributed by atoms with E-state index in [2.05, 4.69) is 32.4 Å². The van der Waals surface area contributed by atoms with Crippen LogP contribution in [-0.4, -0.2) is 80.2 Å². The number of likely N-dealkylation sites (tertiary alicyclic amines) is 1. The van der Waals surface area contributed by atoms with Crippen LogP contribution in [0.2, 0.25) is 0 Å². The summed E-state index contributed by atoms with van der Waals surface area (Å²) in [7, 11) is 1.55. The van der Waals surface area contributed by atoms with Crippen LogP contribution in [0.5, 0.6) is 0 Å². The van der Waals surface area contributed by atoms with Gasteiger partial charge in [0.2, 0.25) is 0 Å². The Morgan fingerprint density at radius 3 is 2.59 bits per heavy atom. The van der Waals surface area contributed by atoms with E-state index >= 15 is 0 Å². The highest BCUT2D eigenvalue weighted by Gasteiger charge is 2.34. The lowest BCUT2D eigenvalue weighted by atomic mass is 9.95. The number of allylic oxidation sites excluding steroid dienone is 1. The minimum Gasteiger partial charge on any atom is -0.387 e. The quantitative estimate of drug-likeness (QED) is 0.370. The summed E-state index contributed by atoms with van der Waals surface area (Å²) in [6.07, 6.45) is 1.83. The molecular weight excluding hydrogens is 511 g/mol. The fraction of sp³-hybridized carbons (Fsp3) is 0.519. The second-order valence-electron chi connectivity index (χ2n) is 10.1. The van der Waals surface area contributed by atoms with Gasteiger partial charge >= 0.3 is 6.18 Å². The lowest BCUT2D eigenvalue weighted by Crippen LogP contribution is -2.41. The number of carbonyl (C=O) groups excluding carboxylic acids is 1. The molecule has 2 aliphatic rings. The van der Waals surface area contributed by atoms with E-state index in [0.717, 1.165) is 28.7 Å². The first-order valence-electron chi connectivity index (χ1n) is 13.1. The summed E-state index contributed by atoms with van der Waals surface area (Å²) in [5.41, 5.74) is 2.01. The Hall–Kier alpha value is -3.38. The van der Waals surface area contributed by atoms with Gasteiger partial charge in [0.1, 0.15) is 12.3 Å². The summed E-state index contributed by atoms with van der Waals surface area (Å²) in [6, 6.07) is 9.74. The number of hydrogen-bond donors (Lipinski definition) is 2. The van der Waals surface area contributed by atoms with Gasteiger partial charge in [0.15, 0.2) is 5.82 Å². The predicted molar refractivity (Wildman–Crippen MR) is 140 cm³/mol. The number of aliphatic hydroxyl groups is 1. The van der Waals surface area contributed by atoms with E-state index in [1.165, 1.54) is 0 Å². The summed E-state index contributed by atoms with van der Waals surface area (Å²) in [5.74, 6) is -0.300. The number of nitrogens with one attached hydrogen (secondary N) is 1. The highest BCUT2D eigenvalue weighted by atomic mass is 19.4. The predicted octanol–water partition coefficient (Wildman–Crippen LogP) is 3.37. The van der Waals surface area contributed by atoms with Gasteiger partial charge in [0.05, 0.1) is 6.10 Å². The van der Waals surface area contributed by atoms with E-state index < -0.39 is 18.8 Å². The van der Waals surface area contributed by atoms with E-state index in [4.69, 9.17) is 0 Å². The van der Waals surface area contributed by atoms with E-state index in [0.29, 0.717) is 32.4 Å². The zero-order chi connectivity index (χ0) is 28.0. The smallest absolute Gasteiger partial charge is 0.387 e. The van der Waals surface area contributed by atoms with Crippen molar-refractivity contribution in [3.05, 3.63) is 66.0 Å². The largest absolute Gasteiger partial charge is 0.408 e. The Labute approximate surface area is 225 Å². The summed E-state index contributed by atoms with van der Waals surface area (Å²) < 4.78 is 39.2. The molecule has 39 heavy (non-hydrogen) atoms. The molecule has 1 aromatic carbocycles. The Morgan fingerprint density at radius 2 is 1.92 bits per heavy atom. The van der Waals surface area contributed by atoms with Crippen LogP contribution in [0.15, 0.2) is 59.6 Å². The minimum absolute atomic E-state index is 0.0236. The number of piperidine rings is 1. The molecule has 0 bridgehead atoms. The normalized spacial score (nSPS) is 22.0. The molecule has 0 aliphatic carbocycles. The Kier molecular flexibility index (Phi) is 9.28. The van der Waals surface area contributed by atoms with E-state index in [9.17, 15) is 23.1 Å². The minimum atomic E-state index is -4.41. The van der Waals surface area contributed by atoms with Crippen LogP contribution in [0.4, 0.5) is 13.2 Å². The van der Waals surface area contributed by atoms with Crippen LogP contribution < -0.4 is 5.32 Å². The maximum absolute atomic E-state index is 13.1. The fourth-order valence-corrected chi connectivity index (χ4v) is 5.25. The maximum Gasteiger partial charge on any atom is 0.408 e. The van der Waals surface area contributed by atoms with Gasteiger partial charge in [-0.05, 0) is 54.2 Å². The average molecular weight is 546 g/mol. The van der Waals surface area contributed by atoms with E-state index in [1.807, 2.05) is 30.3 Å². The molecule has 1 amide bonds. The number of alkyl halides is 3. The van der Waals surface area contributed by atoms with Crippen LogP contribution in [0.25, 0.3) is 0 Å². The summed E-state index contributed by atoms with van der Waals surface area (Å²) in [4.78, 5) is 18.9. The number of benzene rings is 1. The van der Waals surface area contributed by atoms with Gasteiger partial charge in [-0.15, -0.1) is 5.10 Å². The zero-order valence-corrected chi connectivity index (χ0v) is 21.9. The third kappa shape index (κ3) is 7.60. The second-order valence-corrected chi connectivity index (χ2v) is 10.1. The lowest BCUT2D eigenvalue weighted by molar-refractivity contribution is -0.143. The molecule has 2 saturated heterocycles. The molecule has 210 valence electrons. The van der Waals surface area contributed by atoms with Crippen molar-refractivity contribution in [1.29, 1.82) is 0 Å². The molecule has 12 heteroatoms. The highest BCUT2D eigenvalue weighted by Crippen LogP contribution is 2.29. The standard InChI is InChI=1S/C27H34F3N7O2/c1-18(16-21-9-11-22(32-21)24(38)19-6-4-3-5-7-19)8-10-23(31-2)26(39)36-14-12-20(13-15-36)25-33-34-35-37(25)17-27(28,29)30/h3-8,10,20-22,24,32,38H,1,9,11-17H2,2H3/b10-8-,31-23?/t21-,22+,24+/m0/s1. The number of amides is 1. The third-order valence-corrected chi connectivity index (χ3v) is 7.28. The molecule has 4 rings (SSSR count). The molecule has 9 nitrogen and oxygen atoms in total. The summed E-state index contributed by atoms with van der Waals surface area (Å²) in [6.45, 7) is 3.63. The van der Waals surface area contributed by atoms with Gasteiger partial charge in [-0.1, -0.05) is 48.6 Å². The third-order valence-electron chi connectivity index (χ3n) is 7.28. The SMILES string of the molecule is C=C(/C=C\C(=NC)C(=O)N1CCC(c2nnnn2CC(F)(F)F)CC1)C[C@@H]1CC[C@H]([C@H](O)c2ccccc2)N1. The van der Waals surface area contributed by atoms with Crippen molar-refractivity contribution < 1.29 is 23.1 Å². The fourth-order valence-electron chi connectivity index (χ4n) is 5.25. The maximum atomic E-state index is 13.1. The first-order chi connectivity index (χ1) is 18.6. The van der Waals surface area contributed by atoms with Crippen molar-refractivity contribution in [3.8, 4) is 0 Å². The highest BCUT2D eigenvalue weighted by molar-refractivity contribution is 6.43. The van der Waals surface area contributed by atoms with Crippen LogP contribution in [0.3, 0.4) is 0 Å². The van der Waals surface area contributed by atoms with Crippen LogP contribution in [-0.2, 0) is 11.3 Å². The second kappa shape index (κ2) is 12.6. The van der Waals surface area contributed by atoms with Crippen LogP contribution in [0, 0.1) is 0 Å². The molecule has 0 spiro atoms. The van der Waals surface area contributed by atoms with Crippen molar-refractivity contribution >= 4 is 11.6 Å². The monoisotopic (exact) mass is 545 g/mol. The van der Waals surface area contributed by atoms with Crippen LogP contribution >= 0.6 is 0 Å². The molecule has 2 aliphatic heterocycles. The Bertz CT molecular complexity index is 1190.